The average Bonchev–Trinajstić information content (AvgIpc) is 2.80. The van der Waals surface area contributed by atoms with Crippen molar-refractivity contribution in [3.05, 3.63) is 42.5 Å². The molecule has 0 bridgehead atoms. The third-order valence-electron chi connectivity index (χ3n) is 3.42. The van der Waals surface area contributed by atoms with Crippen molar-refractivity contribution in [1.82, 2.24) is 14.9 Å². The predicted octanol–water partition coefficient (Wildman–Crippen LogP) is 1.96. The SMILES string of the molecule is C=CCOC(C)C(=O)NCCc1nc2cc(F)ccc2n1C. The lowest BCUT2D eigenvalue weighted by atomic mass is 10.3. The Morgan fingerprint density at radius 3 is 3.09 bits per heavy atom. The topological polar surface area (TPSA) is 56.1 Å². The smallest absolute Gasteiger partial charge is 0.248 e. The highest BCUT2D eigenvalue weighted by Crippen LogP contribution is 2.16. The molecular formula is C16H20FN3O2. The van der Waals surface area contributed by atoms with Gasteiger partial charge in [0.15, 0.2) is 0 Å². The summed E-state index contributed by atoms with van der Waals surface area (Å²) < 4.78 is 20.3. The van der Waals surface area contributed by atoms with Crippen molar-refractivity contribution in [3.63, 3.8) is 0 Å². The van der Waals surface area contributed by atoms with Crippen molar-refractivity contribution < 1.29 is 13.9 Å². The molecule has 6 heteroatoms. The Kier molecular flexibility index (Phi) is 5.27. The molecule has 2 aromatic rings. The van der Waals surface area contributed by atoms with Gasteiger partial charge in [-0.2, -0.15) is 0 Å². The van der Waals surface area contributed by atoms with Crippen molar-refractivity contribution in [2.75, 3.05) is 13.2 Å². The summed E-state index contributed by atoms with van der Waals surface area (Å²) in [6.07, 6.45) is 1.64. The number of rotatable bonds is 7. The van der Waals surface area contributed by atoms with Gasteiger partial charge in [0.1, 0.15) is 17.7 Å². The first-order valence-corrected chi connectivity index (χ1v) is 7.14. The van der Waals surface area contributed by atoms with E-state index < -0.39 is 6.10 Å². The number of amides is 1. The van der Waals surface area contributed by atoms with Crippen molar-refractivity contribution in [3.8, 4) is 0 Å². The number of hydrogen-bond acceptors (Lipinski definition) is 3. The molecule has 1 N–H and O–H groups in total. The molecule has 118 valence electrons. The van der Waals surface area contributed by atoms with Crippen LogP contribution in [-0.2, 0) is 23.0 Å². The van der Waals surface area contributed by atoms with Crippen LogP contribution < -0.4 is 5.32 Å². The van der Waals surface area contributed by atoms with Gasteiger partial charge in [-0.1, -0.05) is 6.08 Å². The second-order valence-electron chi connectivity index (χ2n) is 5.03. The fraction of sp³-hybridized carbons (Fsp3) is 0.375. The zero-order valence-corrected chi connectivity index (χ0v) is 12.8. The van der Waals surface area contributed by atoms with Crippen LogP contribution in [0.15, 0.2) is 30.9 Å². The molecule has 0 saturated carbocycles. The molecule has 0 spiro atoms. The molecular weight excluding hydrogens is 285 g/mol. The molecule has 0 fully saturated rings. The van der Waals surface area contributed by atoms with Gasteiger partial charge in [-0.3, -0.25) is 4.79 Å². The van der Waals surface area contributed by atoms with E-state index in [1.165, 1.54) is 12.1 Å². The Morgan fingerprint density at radius 2 is 2.36 bits per heavy atom. The zero-order valence-electron chi connectivity index (χ0n) is 12.8. The van der Waals surface area contributed by atoms with Crippen molar-refractivity contribution >= 4 is 16.9 Å². The van der Waals surface area contributed by atoms with Gasteiger partial charge in [0.25, 0.3) is 0 Å². The van der Waals surface area contributed by atoms with Crippen LogP contribution in [0.4, 0.5) is 4.39 Å². The van der Waals surface area contributed by atoms with E-state index in [9.17, 15) is 9.18 Å². The molecule has 22 heavy (non-hydrogen) atoms. The van der Waals surface area contributed by atoms with Gasteiger partial charge in [-0.15, -0.1) is 6.58 Å². The van der Waals surface area contributed by atoms with Gasteiger partial charge in [0.2, 0.25) is 5.91 Å². The van der Waals surface area contributed by atoms with E-state index in [1.807, 2.05) is 11.6 Å². The van der Waals surface area contributed by atoms with Gasteiger partial charge < -0.3 is 14.6 Å². The number of ether oxygens (including phenoxy) is 1. The largest absolute Gasteiger partial charge is 0.365 e. The lowest BCUT2D eigenvalue weighted by Gasteiger charge is -2.12. The highest BCUT2D eigenvalue weighted by atomic mass is 19.1. The van der Waals surface area contributed by atoms with Crippen LogP contribution in [0.2, 0.25) is 0 Å². The molecule has 0 aliphatic heterocycles. The van der Waals surface area contributed by atoms with E-state index in [-0.39, 0.29) is 11.7 Å². The van der Waals surface area contributed by atoms with E-state index in [2.05, 4.69) is 16.9 Å². The van der Waals surface area contributed by atoms with Crippen molar-refractivity contribution in [2.24, 2.45) is 7.05 Å². The number of nitrogens with one attached hydrogen (secondary N) is 1. The molecule has 1 aromatic heterocycles. The molecule has 5 nitrogen and oxygen atoms in total. The number of halogens is 1. The minimum atomic E-state index is -0.521. The van der Waals surface area contributed by atoms with Gasteiger partial charge >= 0.3 is 0 Å². The summed E-state index contributed by atoms with van der Waals surface area (Å²) in [7, 11) is 1.88. The van der Waals surface area contributed by atoms with Crippen molar-refractivity contribution in [2.45, 2.75) is 19.4 Å². The minimum absolute atomic E-state index is 0.174. The van der Waals surface area contributed by atoms with Crippen LogP contribution in [0.3, 0.4) is 0 Å². The van der Waals surface area contributed by atoms with Gasteiger partial charge in [-0.25, -0.2) is 9.37 Å². The summed E-state index contributed by atoms with van der Waals surface area (Å²) in [4.78, 5) is 16.2. The number of nitrogens with zero attached hydrogens (tertiary/aromatic N) is 2. The van der Waals surface area contributed by atoms with Crippen LogP contribution >= 0.6 is 0 Å². The maximum Gasteiger partial charge on any atom is 0.248 e. The molecule has 0 saturated heterocycles. The number of carbonyl (C=O) groups excluding carboxylic acids is 1. The van der Waals surface area contributed by atoms with E-state index in [0.717, 1.165) is 11.3 Å². The fourth-order valence-electron chi connectivity index (χ4n) is 2.18. The normalized spacial score (nSPS) is 12.3. The number of aryl methyl sites for hydroxylation is 1. The number of hydrogen-bond donors (Lipinski definition) is 1. The predicted molar refractivity (Wildman–Crippen MR) is 83.0 cm³/mol. The molecule has 0 aliphatic carbocycles. The number of imidazole rings is 1. The molecule has 1 atom stereocenters. The molecule has 0 radical (unpaired) electrons. The first-order valence-electron chi connectivity index (χ1n) is 7.14. The fourth-order valence-corrected chi connectivity index (χ4v) is 2.18. The van der Waals surface area contributed by atoms with Crippen LogP contribution in [0.1, 0.15) is 12.7 Å². The van der Waals surface area contributed by atoms with Crippen LogP contribution in [-0.4, -0.2) is 34.7 Å². The Bertz CT molecular complexity index is 681. The lowest BCUT2D eigenvalue weighted by molar-refractivity contribution is -0.130. The van der Waals surface area contributed by atoms with E-state index in [4.69, 9.17) is 4.74 Å². The molecule has 1 aromatic carbocycles. The van der Waals surface area contributed by atoms with Crippen molar-refractivity contribution in [1.29, 1.82) is 0 Å². The summed E-state index contributed by atoms with van der Waals surface area (Å²) in [6, 6.07) is 4.52. The average molecular weight is 305 g/mol. The monoisotopic (exact) mass is 305 g/mol. The second-order valence-corrected chi connectivity index (χ2v) is 5.03. The standard InChI is InChI=1S/C16H20FN3O2/c1-4-9-22-11(2)16(21)18-8-7-15-19-13-10-12(17)5-6-14(13)20(15)3/h4-6,10-11H,1,7-9H2,2-3H3,(H,18,21). The lowest BCUT2D eigenvalue weighted by Crippen LogP contribution is -2.36. The first-order chi connectivity index (χ1) is 10.5. The Morgan fingerprint density at radius 1 is 1.59 bits per heavy atom. The second kappa shape index (κ2) is 7.17. The molecule has 1 amide bonds. The maximum atomic E-state index is 13.2. The summed E-state index contributed by atoms with van der Waals surface area (Å²) in [5.41, 5.74) is 1.48. The highest BCUT2D eigenvalue weighted by molar-refractivity contribution is 5.80. The number of benzene rings is 1. The Labute approximate surface area is 128 Å². The third-order valence-corrected chi connectivity index (χ3v) is 3.42. The third kappa shape index (κ3) is 3.71. The van der Waals surface area contributed by atoms with Crippen LogP contribution in [0, 0.1) is 5.82 Å². The number of fused-ring (bicyclic) bond motifs is 1. The zero-order chi connectivity index (χ0) is 16.1. The summed E-state index contributed by atoms with van der Waals surface area (Å²) in [5, 5.41) is 2.80. The van der Waals surface area contributed by atoms with E-state index >= 15 is 0 Å². The molecule has 1 unspecified atom stereocenters. The number of carbonyl (C=O) groups is 1. The van der Waals surface area contributed by atoms with Crippen LogP contribution in [0.25, 0.3) is 11.0 Å². The number of aromatic nitrogens is 2. The van der Waals surface area contributed by atoms with Gasteiger partial charge in [0.05, 0.1) is 17.6 Å². The summed E-state index contributed by atoms with van der Waals surface area (Å²) in [6.45, 7) is 6.01. The van der Waals surface area contributed by atoms with Gasteiger partial charge in [0, 0.05) is 26.1 Å². The Balaban J connectivity index is 1.93. The highest BCUT2D eigenvalue weighted by Gasteiger charge is 2.13. The minimum Gasteiger partial charge on any atom is -0.365 e. The molecule has 2 rings (SSSR count). The first kappa shape index (κ1) is 16.2. The molecule has 1 heterocycles. The quantitative estimate of drug-likeness (QED) is 0.796. The summed E-state index contributed by atoms with van der Waals surface area (Å²) >= 11 is 0. The van der Waals surface area contributed by atoms with Gasteiger partial charge in [-0.05, 0) is 19.1 Å². The Hall–Kier alpha value is -2.21. The molecule has 0 aliphatic rings. The van der Waals surface area contributed by atoms with Crippen LogP contribution in [0.5, 0.6) is 0 Å². The van der Waals surface area contributed by atoms with E-state index in [1.54, 1.807) is 19.1 Å². The maximum absolute atomic E-state index is 13.2. The summed E-state index contributed by atoms with van der Waals surface area (Å²) in [5.74, 6) is 0.311. The van der Waals surface area contributed by atoms with E-state index in [0.29, 0.717) is 25.1 Å².